The fraction of sp³-hybridized carbons (Fsp3) is 0.875. The lowest BCUT2D eigenvalue weighted by Gasteiger charge is -2.34. The summed E-state index contributed by atoms with van der Waals surface area (Å²) in [6.45, 7) is 1.46. The number of carbonyl (C=O) groups is 2. The Hall–Kier alpha value is -0.850. The standard InChI is InChI=1S/C16H29N3O3.ClH/c1-22-11-14(17)16(21)19-9-7-12(8-10-19)15(20)18-13-5-3-2-4-6-13;/h12-14H,2-11,17H2,1H3,(H,18,20);1H. The molecule has 23 heavy (non-hydrogen) atoms. The molecule has 1 aliphatic heterocycles. The van der Waals surface area contributed by atoms with Crippen LogP contribution in [0.2, 0.25) is 0 Å². The number of carbonyl (C=O) groups excluding carboxylic acids is 2. The Bertz CT molecular complexity index is 381. The van der Waals surface area contributed by atoms with E-state index in [-0.39, 0.29) is 36.7 Å². The van der Waals surface area contributed by atoms with E-state index in [2.05, 4.69) is 5.32 Å². The highest BCUT2D eigenvalue weighted by Gasteiger charge is 2.30. The Morgan fingerprint density at radius 1 is 1.17 bits per heavy atom. The minimum absolute atomic E-state index is 0. The largest absolute Gasteiger partial charge is 0.383 e. The monoisotopic (exact) mass is 347 g/mol. The van der Waals surface area contributed by atoms with Crippen molar-refractivity contribution in [2.75, 3.05) is 26.8 Å². The normalized spacial score (nSPS) is 21.4. The number of hydrogen-bond acceptors (Lipinski definition) is 4. The van der Waals surface area contributed by atoms with Gasteiger partial charge in [-0.05, 0) is 25.7 Å². The first-order valence-electron chi connectivity index (χ1n) is 8.45. The number of halogens is 1. The molecular weight excluding hydrogens is 318 g/mol. The molecule has 0 bridgehead atoms. The topological polar surface area (TPSA) is 84.7 Å². The quantitative estimate of drug-likeness (QED) is 0.779. The lowest BCUT2D eigenvalue weighted by Crippen LogP contribution is -2.51. The smallest absolute Gasteiger partial charge is 0.241 e. The molecule has 1 saturated carbocycles. The average Bonchev–Trinajstić information content (AvgIpc) is 2.55. The van der Waals surface area contributed by atoms with Gasteiger partial charge in [0.1, 0.15) is 6.04 Å². The summed E-state index contributed by atoms with van der Waals surface area (Å²) in [4.78, 5) is 26.2. The molecule has 1 aliphatic carbocycles. The molecule has 0 aromatic heterocycles. The predicted octanol–water partition coefficient (Wildman–Crippen LogP) is 1.07. The van der Waals surface area contributed by atoms with Gasteiger partial charge in [-0.15, -0.1) is 12.4 Å². The second kappa shape index (κ2) is 10.1. The van der Waals surface area contributed by atoms with Gasteiger partial charge in [-0.3, -0.25) is 9.59 Å². The van der Waals surface area contributed by atoms with Crippen molar-refractivity contribution in [1.29, 1.82) is 0 Å². The van der Waals surface area contributed by atoms with E-state index in [1.807, 2.05) is 0 Å². The number of ether oxygens (including phenoxy) is 1. The van der Waals surface area contributed by atoms with E-state index in [0.717, 1.165) is 25.7 Å². The highest BCUT2D eigenvalue weighted by Crippen LogP contribution is 2.21. The van der Waals surface area contributed by atoms with Gasteiger partial charge in [-0.2, -0.15) is 0 Å². The van der Waals surface area contributed by atoms with Crippen LogP contribution < -0.4 is 11.1 Å². The average molecular weight is 348 g/mol. The third-order valence-electron chi connectivity index (χ3n) is 4.79. The molecule has 1 unspecified atom stereocenters. The molecule has 2 amide bonds. The first-order valence-corrected chi connectivity index (χ1v) is 8.45. The van der Waals surface area contributed by atoms with Crippen LogP contribution in [0.25, 0.3) is 0 Å². The Kier molecular flexibility index (Phi) is 8.87. The number of nitrogens with two attached hydrogens (primary N) is 1. The number of amides is 2. The number of nitrogens with one attached hydrogen (secondary N) is 1. The van der Waals surface area contributed by atoms with Crippen molar-refractivity contribution >= 4 is 24.2 Å². The molecule has 0 aromatic rings. The van der Waals surface area contributed by atoms with E-state index in [9.17, 15) is 9.59 Å². The number of nitrogens with zero attached hydrogens (tertiary/aromatic N) is 1. The molecule has 134 valence electrons. The van der Waals surface area contributed by atoms with Crippen LogP contribution in [0.15, 0.2) is 0 Å². The first-order chi connectivity index (χ1) is 10.6. The number of likely N-dealkylation sites (tertiary alicyclic amines) is 1. The second-order valence-corrected chi connectivity index (χ2v) is 6.50. The van der Waals surface area contributed by atoms with Gasteiger partial charge < -0.3 is 20.7 Å². The highest BCUT2D eigenvalue weighted by molar-refractivity contribution is 5.85. The van der Waals surface area contributed by atoms with Crippen molar-refractivity contribution in [3.8, 4) is 0 Å². The molecule has 7 heteroatoms. The van der Waals surface area contributed by atoms with Crippen LogP contribution in [0.3, 0.4) is 0 Å². The van der Waals surface area contributed by atoms with E-state index < -0.39 is 6.04 Å². The molecule has 2 aliphatic rings. The third kappa shape index (κ3) is 5.94. The van der Waals surface area contributed by atoms with Crippen LogP contribution in [-0.2, 0) is 14.3 Å². The van der Waals surface area contributed by atoms with Gasteiger partial charge in [0.2, 0.25) is 11.8 Å². The maximum absolute atomic E-state index is 12.3. The molecular formula is C16H30ClN3O3. The predicted molar refractivity (Wildman–Crippen MR) is 91.4 cm³/mol. The highest BCUT2D eigenvalue weighted by atomic mass is 35.5. The molecule has 1 heterocycles. The van der Waals surface area contributed by atoms with Gasteiger partial charge in [0.25, 0.3) is 0 Å². The van der Waals surface area contributed by atoms with Gasteiger partial charge in [-0.1, -0.05) is 19.3 Å². The number of hydrogen-bond donors (Lipinski definition) is 2. The van der Waals surface area contributed by atoms with Gasteiger partial charge in [0, 0.05) is 32.2 Å². The molecule has 1 saturated heterocycles. The summed E-state index contributed by atoms with van der Waals surface area (Å²) in [7, 11) is 1.54. The van der Waals surface area contributed by atoms with Crippen molar-refractivity contribution in [3.05, 3.63) is 0 Å². The fourth-order valence-electron chi connectivity index (χ4n) is 3.41. The summed E-state index contributed by atoms with van der Waals surface area (Å²) in [5.41, 5.74) is 5.78. The molecule has 0 aromatic carbocycles. The van der Waals surface area contributed by atoms with Crippen LogP contribution in [-0.4, -0.2) is 55.6 Å². The minimum atomic E-state index is -0.599. The minimum Gasteiger partial charge on any atom is -0.383 e. The van der Waals surface area contributed by atoms with E-state index in [1.165, 1.54) is 26.4 Å². The Morgan fingerprint density at radius 3 is 2.35 bits per heavy atom. The maximum Gasteiger partial charge on any atom is 0.241 e. The zero-order chi connectivity index (χ0) is 15.9. The summed E-state index contributed by atoms with van der Waals surface area (Å²) in [5.74, 6) is 0.123. The van der Waals surface area contributed by atoms with E-state index in [0.29, 0.717) is 19.1 Å². The summed E-state index contributed by atoms with van der Waals surface area (Å²) >= 11 is 0. The van der Waals surface area contributed by atoms with Crippen LogP contribution in [0.5, 0.6) is 0 Å². The van der Waals surface area contributed by atoms with Crippen molar-refractivity contribution in [2.45, 2.75) is 57.0 Å². The van der Waals surface area contributed by atoms with Gasteiger partial charge in [0.05, 0.1) is 6.61 Å². The van der Waals surface area contributed by atoms with Gasteiger partial charge in [-0.25, -0.2) is 0 Å². The van der Waals surface area contributed by atoms with Crippen molar-refractivity contribution in [2.24, 2.45) is 11.7 Å². The Morgan fingerprint density at radius 2 is 1.78 bits per heavy atom. The van der Waals surface area contributed by atoms with E-state index in [4.69, 9.17) is 10.5 Å². The third-order valence-corrected chi connectivity index (χ3v) is 4.79. The SMILES string of the molecule is COCC(N)C(=O)N1CCC(C(=O)NC2CCCCC2)CC1.Cl. The van der Waals surface area contributed by atoms with Crippen molar-refractivity contribution < 1.29 is 14.3 Å². The van der Waals surface area contributed by atoms with Crippen LogP contribution in [0.4, 0.5) is 0 Å². The second-order valence-electron chi connectivity index (χ2n) is 6.50. The summed E-state index contributed by atoms with van der Waals surface area (Å²) in [6.07, 6.45) is 7.39. The van der Waals surface area contributed by atoms with E-state index in [1.54, 1.807) is 4.90 Å². The summed E-state index contributed by atoms with van der Waals surface area (Å²) < 4.78 is 4.92. The lowest BCUT2D eigenvalue weighted by molar-refractivity contribution is -0.137. The van der Waals surface area contributed by atoms with Crippen LogP contribution >= 0.6 is 12.4 Å². The number of rotatable bonds is 5. The molecule has 2 rings (SSSR count). The van der Waals surface area contributed by atoms with Gasteiger partial charge >= 0.3 is 0 Å². The van der Waals surface area contributed by atoms with Gasteiger partial charge in [0.15, 0.2) is 0 Å². The van der Waals surface area contributed by atoms with Crippen molar-refractivity contribution in [1.82, 2.24) is 10.2 Å². The Labute approximate surface area is 144 Å². The molecule has 1 atom stereocenters. The maximum atomic E-state index is 12.3. The molecule has 6 nitrogen and oxygen atoms in total. The number of piperidine rings is 1. The zero-order valence-corrected chi connectivity index (χ0v) is 14.8. The first kappa shape index (κ1) is 20.2. The fourth-order valence-corrected chi connectivity index (χ4v) is 3.41. The molecule has 0 radical (unpaired) electrons. The number of methoxy groups -OCH3 is 1. The summed E-state index contributed by atoms with van der Waals surface area (Å²) in [5, 5.41) is 3.19. The van der Waals surface area contributed by atoms with Crippen molar-refractivity contribution in [3.63, 3.8) is 0 Å². The van der Waals surface area contributed by atoms with E-state index >= 15 is 0 Å². The summed E-state index contributed by atoms with van der Waals surface area (Å²) in [6, 6.07) is -0.242. The Balaban J connectivity index is 0.00000264. The zero-order valence-electron chi connectivity index (χ0n) is 14.0. The molecule has 3 N–H and O–H groups in total. The molecule has 0 spiro atoms. The van der Waals surface area contributed by atoms with Crippen LogP contribution in [0.1, 0.15) is 44.9 Å². The molecule has 2 fully saturated rings. The van der Waals surface area contributed by atoms with Crippen LogP contribution in [0, 0.1) is 5.92 Å². The lowest BCUT2D eigenvalue weighted by atomic mass is 9.92.